The molecular formula is C25H22N2O4. The quantitative estimate of drug-likeness (QED) is 0.260. The van der Waals surface area contributed by atoms with Gasteiger partial charge in [0.2, 0.25) is 0 Å². The third kappa shape index (κ3) is 4.14. The SMILES string of the molecule is COc1cc(N=Nc2ccccc2CCc2cccc(O)c2O)c(O)c2ccccc12. The first kappa shape index (κ1) is 20.2. The van der Waals surface area contributed by atoms with Crippen molar-refractivity contribution in [1.82, 2.24) is 0 Å². The van der Waals surface area contributed by atoms with Crippen molar-refractivity contribution in [2.75, 3.05) is 7.11 Å². The number of phenolic OH excluding ortho intramolecular Hbond substituents is 3. The second-order valence-corrected chi connectivity index (χ2v) is 7.11. The summed E-state index contributed by atoms with van der Waals surface area (Å²) in [7, 11) is 1.58. The Morgan fingerprint density at radius 1 is 0.677 bits per heavy atom. The van der Waals surface area contributed by atoms with E-state index in [1.165, 1.54) is 6.07 Å². The summed E-state index contributed by atoms with van der Waals surface area (Å²) < 4.78 is 5.45. The molecule has 6 heteroatoms. The van der Waals surface area contributed by atoms with Gasteiger partial charge in [-0.25, -0.2) is 0 Å². The minimum atomic E-state index is -0.133. The molecule has 31 heavy (non-hydrogen) atoms. The van der Waals surface area contributed by atoms with Crippen molar-refractivity contribution in [2.24, 2.45) is 10.2 Å². The molecule has 0 aliphatic heterocycles. The van der Waals surface area contributed by atoms with Gasteiger partial charge in [0, 0.05) is 16.8 Å². The molecule has 0 aromatic heterocycles. The normalized spacial score (nSPS) is 11.3. The largest absolute Gasteiger partial charge is 0.505 e. The van der Waals surface area contributed by atoms with Crippen molar-refractivity contribution in [3.63, 3.8) is 0 Å². The minimum Gasteiger partial charge on any atom is -0.505 e. The number of nitrogens with zero attached hydrogens (tertiary/aromatic N) is 2. The average molecular weight is 414 g/mol. The zero-order valence-corrected chi connectivity index (χ0v) is 17.0. The molecule has 4 aromatic carbocycles. The number of aromatic hydroxyl groups is 3. The van der Waals surface area contributed by atoms with Crippen LogP contribution in [0.5, 0.6) is 23.0 Å². The fourth-order valence-corrected chi connectivity index (χ4v) is 3.53. The Balaban J connectivity index is 1.63. The summed E-state index contributed by atoms with van der Waals surface area (Å²) in [4.78, 5) is 0. The predicted octanol–water partition coefficient (Wildman–Crippen LogP) is 6.17. The number of aryl methyl sites for hydroxylation is 2. The molecule has 0 amide bonds. The molecule has 4 aromatic rings. The number of rotatable bonds is 6. The average Bonchev–Trinajstić information content (AvgIpc) is 2.80. The number of para-hydroxylation sites is 1. The fraction of sp³-hybridized carbons (Fsp3) is 0.120. The van der Waals surface area contributed by atoms with Gasteiger partial charge in [0.05, 0.1) is 12.8 Å². The molecule has 0 saturated carbocycles. The first-order valence-electron chi connectivity index (χ1n) is 9.86. The van der Waals surface area contributed by atoms with E-state index in [1.54, 1.807) is 25.3 Å². The van der Waals surface area contributed by atoms with Gasteiger partial charge in [-0.2, -0.15) is 5.11 Å². The Labute approximate surface area is 179 Å². The summed E-state index contributed by atoms with van der Waals surface area (Å²) >= 11 is 0. The summed E-state index contributed by atoms with van der Waals surface area (Å²) in [6.45, 7) is 0. The van der Waals surface area contributed by atoms with Gasteiger partial charge in [0.15, 0.2) is 17.2 Å². The number of benzene rings is 4. The maximum absolute atomic E-state index is 10.7. The molecular weight excluding hydrogens is 392 g/mol. The minimum absolute atomic E-state index is 0.0438. The zero-order chi connectivity index (χ0) is 21.8. The Hall–Kier alpha value is -4.06. The van der Waals surface area contributed by atoms with Gasteiger partial charge in [-0.05, 0) is 36.1 Å². The maximum atomic E-state index is 10.7. The highest BCUT2D eigenvalue weighted by Crippen LogP contribution is 2.41. The van der Waals surface area contributed by atoms with Crippen LogP contribution in [0.1, 0.15) is 11.1 Å². The number of hydrogen-bond donors (Lipinski definition) is 3. The molecule has 3 N–H and O–H groups in total. The number of hydrogen-bond acceptors (Lipinski definition) is 6. The fourth-order valence-electron chi connectivity index (χ4n) is 3.53. The summed E-state index contributed by atoms with van der Waals surface area (Å²) in [5.74, 6) is 0.415. The molecule has 0 atom stereocenters. The topological polar surface area (TPSA) is 94.6 Å². The smallest absolute Gasteiger partial charge is 0.160 e. The van der Waals surface area contributed by atoms with E-state index in [0.29, 0.717) is 40.9 Å². The van der Waals surface area contributed by atoms with Crippen LogP contribution in [0, 0.1) is 0 Å². The van der Waals surface area contributed by atoms with Crippen LogP contribution in [-0.4, -0.2) is 22.4 Å². The van der Waals surface area contributed by atoms with E-state index < -0.39 is 0 Å². The second-order valence-electron chi connectivity index (χ2n) is 7.11. The van der Waals surface area contributed by atoms with Gasteiger partial charge >= 0.3 is 0 Å². The lowest BCUT2D eigenvalue weighted by atomic mass is 10.0. The second kappa shape index (κ2) is 8.75. The van der Waals surface area contributed by atoms with Crippen molar-refractivity contribution in [3.05, 3.63) is 83.9 Å². The number of azo groups is 1. The number of fused-ring (bicyclic) bond motifs is 1. The van der Waals surface area contributed by atoms with Crippen molar-refractivity contribution in [2.45, 2.75) is 12.8 Å². The molecule has 0 spiro atoms. The summed E-state index contributed by atoms with van der Waals surface area (Å²) in [6, 6.07) is 21.6. The van der Waals surface area contributed by atoms with Gasteiger partial charge in [0.1, 0.15) is 11.4 Å². The molecule has 0 fully saturated rings. The number of methoxy groups -OCH3 is 1. The van der Waals surface area contributed by atoms with Crippen LogP contribution in [0.25, 0.3) is 10.8 Å². The lowest BCUT2D eigenvalue weighted by Crippen LogP contribution is -1.92. The molecule has 4 rings (SSSR count). The summed E-state index contributed by atoms with van der Waals surface area (Å²) in [5, 5.41) is 40.5. The Bertz CT molecular complexity index is 1270. The van der Waals surface area contributed by atoms with Gasteiger partial charge in [-0.15, -0.1) is 5.11 Å². The van der Waals surface area contributed by atoms with E-state index in [2.05, 4.69) is 10.2 Å². The van der Waals surface area contributed by atoms with E-state index in [1.807, 2.05) is 48.5 Å². The van der Waals surface area contributed by atoms with Gasteiger partial charge in [-0.1, -0.05) is 54.6 Å². The zero-order valence-electron chi connectivity index (χ0n) is 17.0. The Morgan fingerprint density at radius 2 is 1.32 bits per heavy atom. The van der Waals surface area contributed by atoms with Crippen molar-refractivity contribution >= 4 is 22.1 Å². The Kier molecular flexibility index (Phi) is 5.71. The van der Waals surface area contributed by atoms with E-state index in [4.69, 9.17) is 4.74 Å². The third-order valence-corrected chi connectivity index (χ3v) is 5.20. The maximum Gasteiger partial charge on any atom is 0.160 e. The lowest BCUT2D eigenvalue weighted by Gasteiger charge is -2.10. The van der Waals surface area contributed by atoms with Gasteiger partial charge in [0.25, 0.3) is 0 Å². The predicted molar refractivity (Wildman–Crippen MR) is 120 cm³/mol. The van der Waals surface area contributed by atoms with Gasteiger partial charge in [-0.3, -0.25) is 0 Å². The molecule has 0 radical (unpaired) electrons. The molecule has 156 valence electrons. The highest BCUT2D eigenvalue weighted by atomic mass is 16.5. The molecule has 0 bridgehead atoms. The molecule has 6 nitrogen and oxygen atoms in total. The van der Waals surface area contributed by atoms with Crippen LogP contribution in [0.3, 0.4) is 0 Å². The standard InChI is InChI=1S/C25H22N2O4/c1-31-23-15-21(25(30)19-10-4-3-9-18(19)23)27-26-20-11-5-2-7-16(20)13-14-17-8-6-12-22(28)24(17)29/h2-12,15,28-30H,13-14H2,1H3. The van der Waals surface area contributed by atoms with E-state index >= 15 is 0 Å². The molecule has 0 unspecified atom stereocenters. The van der Waals surface area contributed by atoms with Crippen molar-refractivity contribution in [1.29, 1.82) is 0 Å². The van der Waals surface area contributed by atoms with Crippen LogP contribution in [0.15, 0.2) is 83.0 Å². The molecule has 0 aliphatic carbocycles. The van der Waals surface area contributed by atoms with Crippen LogP contribution < -0.4 is 4.74 Å². The Morgan fingerprint density at radius 3 is 2.13 bits per heavy atom. The van der Waals surface area contributed by atoms with Crippen LogP contribution in [0.2, 0.25) is 0 Å². The highest BCUT2D eigenvalue weighted by molar-refractivity contribution is 5.97. The highest BCUT2D eigenvalue weighted by Gasteiger charge is 2.12. The monoisotopic (exact) mass is 414 g/mol. The molecule has 0 saturated heterocycles. The lowest BCUT2D eigenvalue weighted by molar-refractivity contribution is 0.399. The number of phenols is 3. The summed E-state index contributed by atoms with van der Waals surface area (Å²) in [6.07, 6.45) is 1.13. The first-order valence-corrected chi connectivity index (χ1v) is 9.86. The van der Waals surface area contributed by atoms with Crippen LogP contribution in [-0.2, 0) is 12.8 Å². The van der Waals surface area contributed by atoms with Gasteiger partial charge < -0.3 is 20.1 Å². The van der Waals surface area contributed by atoms with E-state index in [-0.39, 0.29) is 17.2 Å². The van der Waals surface area contributed by atoms with Crippen LogP contribution >= 0.6 is 0 Å². The number of ether oxygens (including phenoxy) is 1. The summed E-state index contributed by atoms with van der Waals surface area (Å²) in [5.41, 5.74) is 2.56. The van der Waals surface area contributed by atoms with E-state index in [9.17, 15) is 15.3 Å². The third-order valence-electron chi connectivity index (χ3n) is 5.20. The van der Waals surface area contributed by atoms with E-state index in [0.717, 1.165) is 10.9 Å². The molecule has 0 aliphatic rings. The van der Waals surface area contributed by atoms with Crippen molar-refractivity contribution in [3.8, 4) is 23.0 Å². The van der Waals surface area contributed by atoms with Crippen molar-refractivity contribution < 1.29 is 20.1 Å². The molecule has 0 heterocycles. The van der Waals surface area contributed by atoms with Crippen LogP contribution in [0.4, 0.5) is 11.4 Å². The first-order chi connectivity index (χ1) is 15.1.